The molecule has 0 N–H and O–H groups in total. The lowest BCUT2D eigenvalue weighted by Gasteiger charge is -2.23. The number of hydrogen-bond acceptors (Lipinski definition) is 4. The Balaban J connectivity index is 3.12. The molecule has 8 heteroatoms. The number of nitrogens with zero attached hydrogens (tertiary/aromatic N) is 3. The summed E-state index contributed by atoms with van der Waals surface area (Å²) in [6, 6.07) is 7.15. The van der Waals surface area contributed by atoms with Crippen LogP contribution in [0.2, 0.25) is 0 Å². The van der Waals surface area contributed by atoms with Crippen LogP contribution in [0.15, 0.2) is 22.7 Å². The lowest BCUT2D eigenvalue weighted by Crippen LogP contribution is -2.39. The van der Waals surface area contributed by atoms with Crippen LogP contribution in [0, 0.1) is 11.3 Å². The topological polar surface area (TPSA) is 73.6 Å². The van der Waals surface area contributed by atoms with Crippen molar-refractivity contribution < 1.29 is 13.2 Å². The molecule has 0 saturated carbocycles. The Bertz CT molecular complexity index is 611. The molecule has 0 aliphatic carbocycles. The van der Waals surface area contributed by atoms with E-state index in [1.807, 2.05) is 6.07 Å². The molecule has 0 heterocycles. The molecule has 110 valence electrons. The van der Waals surface area contributed by atoms with Gasteiger partial charge in [0, 0.05) is 25.1 Å². The van der Waals surface area contributed by atoms with Crippen LogP contribution in [-0.4, -0.2) is 44.8 Å². The molecule has 0 fully saturated rings. The van der Waals surface area contributed by atoms with Crippen molar-refractivity contribution in [2.75, 3.05) is 27.7 Å². The van der Waals surface area contributed by atoms with Gasteiger partial charge in [0.1, 0.15) is 12.3 Å². The summed E-state index contributed by atoms with van der Waals surface area (Å²) >= 11 is 3.37. The highest BCUT2D eigenvalue weighted by molar-refractivity contribution is 9.10. The molecule has 0 amide bonds. The average molecular weight is 362 g/mol. The van der Waals surface area contributed by atoms with Crippen LogP contribution >= 0.6 is 15.9 Å². The summed E-state index contributed by atoms with van der Waals surface area (Å²) in [5.41, 5.74) is 0.727. The second-order valence-electron chi connectivity index (χ2n) is 4.17. The highest BCUT2D eigenvalue weighted by atomic mass is 79.9. The Morgan fingerprint density at radius 3 is 2.55 bits per heavy atom. The highest BCUT2D eigenvalue weighted by Gasteiger charge is 2.25. The quantitative estimate of drug-likeness (QED) is 0.721. The molecule has 0 radical (unpaired) electrons. The first-order chi connectivity index (χ1) is 9.32. The second kappa shape index (κ2) is 7.04. The predicted molar refractivity (Wildman–Crippen MR) is 79.3 cm³/mol. The van der Waals surface area contributed by atoms with Gasteiger partial charge in [-0.25, -0.2) is 0 Å². The molecule has 1 rings (SSSR count). The summed E-state index contributed by atoms with van der Waals surface area (Å²) in [6.07, 6.45) is 0. The summed E-state index contributed by atoms with van der Waals surface area (Å²) in [5, 5.41) is 8.82. The molecule has 0 atom stereocenters. The SMILES string of the molecule is COc1ccc(Br)c(CN(CC#N)S(=O)(=O)N(C)C)c1. The Morgan fingerprint density at radius 2 is 2.05 bits per heavy atom. The van der Waals surface area contributed by atoms with Gasteiger partial charge < -0.3 is 4.74 Å². The first kappa shape index (κ1) is 16.9. The number of methoxy groups -OCH3 is 1. The van der Waals surface area contributed by atoms with Crippen LogP contribution in [0.25, 0.3) is 0 Å². The van der Waals surface area contributed by atoms with Gasteiger partial charge >= 0.3 is 0 Å². The van der Waals surface area contributed by atoms with Gasteiger partial charge in [-0.1, -0.05) is 15.9 Å². The maximum atomic E-state index is 12.1. The Morgan fingerprint density at radius 1 is 1.40 bits per heavy atom. The average Bonchev–Trinajstić information content (AvgIpc) is 2.40. The number of rotatable bonds is 6. The molecule has 0 aliphatic rings. The smallest absolute Gasteiger partial charge is 0.282 e. The molecule has 0 aromatic heterocycles. The Labute approximate surface area is 127 Å². The molecule has 1 aromatic carbocycles. The van der Waals surface area contributed by atoms with Crippen LogP contribution < -0.4 is 4.74 Å². The lowest BCUT2D eigenvalue weighted by atomic mass is 10.2. The van der Waals surface area contributed by atoms with E-state index in [9.17, 15) is 8.42 Å². The van der Waals surface area contributed by atoms with Crippen LogP contribution in [-0.2, 0) is 16.8 Å². The van der Waals surface area contributed by atoms with Crippen molar-refractivity contribution in [3.8, 4) is 11.8 Å². The fourth-order valence-corrected chi connectivity index (χ4v) is 2.88. The van der Waals surface area contributed by atoms with Crippen molar-refractivity contribution in [3.05, 3.63) is 28.2 Å². The van der Waals surface area contributed by atoms with E-state index < -0.39 is 10.2 Å². The molecule has 0 spiro atoms. The first-order valence-electron chi connectivity index (χ1n) is 5.70. The minimum absolute atomic E-state index is 0.0891. The first-order valence-corrected chi connectivity index (χ1v) is 7.89. The van der Waals surface area contributed by atoms with Crippen molar-refractivity contribution in [1.29, 1.82) is 5.26 Å². The fourth-order valence-electron chi connectivity index (χ4n) is 1.52. The standard InChI is InChI=1S/C12H16BrN3O3S/c1-15(2)20(17,18)16(7-6-14)9-10-8-11(19-3)4-5-12(10)13/h4-5,8H,7,9H2,1-3H3. The van der Waals surface area contributed by atoms with E-state index in [0.29, 0.717) is 5.75 Å². The van der Waals surface area contributed by atoms with Gasteiger partial charge in [-0.05, 0) is 23.8 Å². The number of hydrogen-bond donors (Lipinski definition) is 0. The van der Waals surface area contributed by atoms with Gasteiger partial charge in [-0.3, -0.25) is 0 Å². The van der Waals surface area contributed by atoms with Crippen LogP contribution in [0.1, 0.15) is 5.56 Å². The molecule has 0 saturated heterocycles. The highest BCUT2D eigenvalue weighted by Crippen LogP contribution is 2.24. The van der Waals surface area contributed by atoms with E-state index in [0.717, 1.165) is 18.6 Å². The van der Waals surface area contributed by atoms with E-state index in [2.05, 4.69) is 15.9 Å². The van der Waals surface area contributed by atoms with Crippen molar-refractivity contribution >= 4 is 26.1 Å². The molecule has 0 bridgehead atoms. The summed E-state index contributed by atoms with van der Waals surface area (Å²) in [6.45, 7) is -0.129. The lowest BCUT2D eigenvalue weighted by molar-refractivity contribution is 0.391. The van der Waals surface area contributed by atoms with E-state index in [1.165, 1.54) is 21.2 Å². The zero-order chi connectivity index (χ0) is 15.3. The van der Waals surface area contributed by atoms with Gasteiger partial charge in [0.15, 0.2) is 0 Å². The summed E-state index contributed by atoms with van der Waals surface area (Å²) in [7, 11) is 0.747. The van der Waals surface area contributed by atoms with Crippen molar-refractivity contribution in [1.82, 2.24) is 8.61 Å². The molecule has 20 heavy (non-hydrogen) atoms. The third-order valence-corrected chi connectivity index (χ3v) is 5.24. The molecular formula is C12H16BrN3O3S. The maximum Gasteiger partial charge on any atom is 0.282 e. The van der Waals surface area contributed by atoms with E-state index >= 15 is 0 Å². The van der Waals surface area contributed by atoms with Gasteiger partial charge in [-0.15, -0.1) is 0 Å². The monoisotopic (exact) mass is 361 g/mol. The van der Waals surface area contributed by atoms with Gasteiger partial charge in [-0.2, -0.15) is 22.3 Å². The van der Waals surface area contributed by atoms with E-state index in [1.54, 1.807) is 18.2 Å². The molecule has 0 aliphatic heterocycles. The molecular weight excluding hydrogens is 346 g/mol. The molecule has 0 unspecified atom stereocenters. The van der Waals surface area contributed by atoms with Crippen molar-refractivity contribution in [2.24, 2.45) is 0 Å². The number of benzene rings is 1. The summed E-state index contributed by atoms with van der Waals surface area (Å²) < 4.78 is 32.4. The third kappa shape index (κ3) is 3.93. The number of halogens is 1. The summed E-state index contributed by atoms with van der Waals surface area (Å²) in [5.74, 6) is 0.627. The van der Waals surface area contributed by atoms with Gasteiger partial charge in [0.2, 0.25) is 0 Å². The maximum absolute atomic E-state index is 12.1. The Kier molecular flexibility index (Phi) is 5.95. The number of nitriles is 1. The minimum atomic E-state index is -3.65. The number of ether oxygens (including phenoxy) is 1. The Hall–Kier alpha value is -1.14. The zero-order valence-electron chi connectivity index (χ0n) is 11.5. The predicted octanol–water partition coefficient (Wildman–Crippen LogP) is 1.59. The normalized spacial score (nSPS) is 11.7. The van der Waals surface area contributed by atoms with Crippen LogP contribution in [0.4, 0.5) is 0 Å². The molecule has 1 aromatic rings. The van der Waals surface area contributed by atoms with Crippen LogP contribution in [0.3, 0.4) is 0 Å². The van der Waals surface area contributed by atoms with Crippen LogP contribution in [0.5, 0.6) is 5.75 Å². The molecule has 6 nitrogen and oxygen atoms in total. The van der Waals surface area contributed by atoms with Crippen molar-refractivity contribution in [3.63, 3.8) is 0 Å². The van der Waals surface area contributed by atoms with Gasteiger partial charge in [0.25, 0.3) is 10.2 Å². The zero-order valence-corrected chi connectivity index (χ0v) is 13.9. The van der Waals surface area contributed by atoms with Crippen molar-refractivity contribution in [2.45, 2.75) is 6.54 Å². The fraction of sp³-hybridized carbons (Fsp3) is 0.417. The van der Waals surface area contributed by atoms with Gasteiger partial charge in [0.05, 0.1) is 13.2 Å². The second-order valence-corrected chi connectivity index (χ2v) is 7.17. The third-order valence-electron chi connectivity index (χ3n) is 2.63. The van der Waals surface area contributed by atoms with E-state index in [-0.39, 0.29) is 13.1 Å². The largest absolute Gasteiger partial charge is 0.497 e. The minimum Gasteiger partial charge on any atom is -0.497 e. The van der Waals surface area contributed by atoms with E-state index in [4.69, 9.17) is 10.00 Å². The summed E-state index contributed by atoms with van der Waals surface area (Å²) in [4.78, 5) is 0.